The van der Waals surface area contributed by atoms with Crippen LogP contribution < -0.4 is 0 Å². The average molecular weight is 236 g/mol. The number of sulfonamides is 1. The summed E-state index contributed by atoms with van der Waals surface area (Å²) in [6.07, 6.45) is 1.65. The number of aromatic nitrogens is 1. The molecule has 2 aromatic rings. The summed E-state index contributed by atoms with van der Waals surface area (Å²) in [5, 5.41) is 0.931. The van der Waals surface area contributed by atoms with Crippen LogP contribution in [0.2, 0.25) is 0 Å². The van der Waals surface area contributed by atoms with E-state index in [0.29, 0.717) is 5.52 Å². The standard InChI is InChI=1S/C11H12N2O2S/c1-13(2)16(14,15)10-6-5-9-4-3-7-12-11(9)8-10/h3-8H,1-2H3. The van der Waals surface area contributed by atoms with Crippen LogP contribution in [0.25, 0.3) is 10.9 Å². The van der Waals surface area contributed by atoms with Crippen molar-refractivity contribution < 1.29 is 8.42 Å². The molecule has 1 aromatic heterocycles. The molecular formula is C11H12N2O2S. The van der Waals surface area contributed by atoms with E-state index in [1.54, 1.807) is 24.4 Å². The SMILES string of the molecule is CN(C)S(=O)(=O)c1ccc2cccnc2c1. The molecule has 0 N–H and O–H groups in total. The minimum absolute atomic E-state index is 0.267. The fourth-order valence-corrected chi connectivity index (χ4v) is 2.34. The lowest BCUT2D eigenvalue weighted by Crippen LogP contribution is -2.22. The Morgan fingerprint density at radius 3 is 2.62 bits per heavy atom. The van der Waals surface area contributed by atoms with E-state index in [1.165, 1.54) is 18.4 Å². The Labute approximate surface area is 94.6 Å². The van der Waals surface area contributed by atoms with Gasteiger partial charge in [-0.3, -0.25) is 4.98 Å². The van der Waals surface area contributed by atoms with Gasteiger partial charge < -0.3 is 0 Å². The maximum Gasteiger partial charge on any atom is 0.242 e. The molecule has 0 unspecified atom stereocenters. The minimum atomic E-state index is -3.38. The summed E-state index contributed by atoms with van der Waals surface area (Å²) < 4.78 is 24.9. The van der Waals surface area contributed by atoms with Gasteiger partial charge >= 0.3 is 0 Å². The fourth-order valence-electron chi connectivity index (χ4n) is 1.42. The van der Waals surface area contributed by atoms with E-state index < -0.39 is 10.0 Å². The molecule has 0 aliphatic heterocycles. The van der Waals surface area contributed by atoms with Gasteiger partial charge in [0.2, 0.25) is 10.0 Å². The molecule has 0 saturated carbocycles. The summed E-state index contributed by atoms with van der Waals surface area (Å²) in [7, 11) is -0.351. The average Bonchev–Trinajstić information content (AvgIpc) is 2.28. The molecule has 2 rings (SSSR count). The molecule has 0 aliphatic rings. The summed E-state index contributed by atoms with van der Waals surface area (Å²) >= 11 is 0. The van der Waals surface area contributed by atoms with Crippen LogP contribution >= 0.6 is 0 Å². The summed E-state index contributed by atoms with van der Waals surface area (Å²) in [6.45, 7) is 0. The Balaban J connectivity index is 2.65. The molecule has 0 aliphatic carbocycles. The van der Waals surface area contributed by atoms with E-state index >= 15 is 0 Å². The largest absolute Gasteiger partial charge is 0.256 e. The molecule has 1 aromatic carbocycles. The van der Waals surface area contributed by atoms with E-state index in [9.17, 15) is 8.42 Å². The number of benzene rings is 1. The first kappa shape index (κ1) is 11.0. The normalized spacial score (nSPS) is 12.2. The van der Waals surface area contributed by atoms with Crippen LogP contribution in [0.3, 0.4) is 0 Å². The van der Waals surface area contributed by atoms with Gasteiger partial charge in [-0.1, -0.05) is 12.1 Å². The van der Waals surface area contributed by atoms with Crippen molar-refractivity contribution in [2.24, 2.45) is 0 Å². The molecule has 0 atom stereocenters. The highest BCUT2D eigenvalue weighted by molar-refractivity contribution is 7.89. The lowest BCUT2D eigenvalue weighted by atomic mass is 10.2. The number of rotatable bonds is 2. The molecule has 0 spiro atoms. The van der Waals surface area contributed by atoms with Crippen LogP contribution in [0.1, 0.15) is 0 Å². The van der Waals surface area contributed by atoms with E-state index in [0.717, 1.165) is 5.39 Å². The Bertz CT molecular complexity index is 621. The number of nitrogens with zero attached hydrogens (tertiary/aromatic N) is 2. The van der Waals surface area contributed by atoms with Crippen molar-refractivity contribution in [3.63, 3.8) is 0 Å². The van der Waals surface area contributed by atoms with Crippen molar-refractivity contribution in [3.8, 4) is 0 Å². The van der Waals surface area contributed by atoms with Crippen LogP contribution in [-0.4, -0.2) is 31.8 Å². The number of hydrogen-bond acceptors (Lipinski definition) is 3. The van der Waals surface area contributed by atoms with E-state index in [-0.39, 0.29) is 4.90 Å². The molecule has 84 valence electrons. The Morgan fingerprint density at radius 2 is 1.94 bits per heavy atom. The number of hydrogen-bond donors (Lipinski definition) is 0. The summed E-state index contributed by atoms with van der Waals surface area (Å²) in [4.78, 5) is 4.40. The van der Waals surface area contributed by atoms with Gasteiger partial charge in [-0.25, -0.2) is 12.7 Å². The third kappa shape index (κ3) is 1.79. The first-order valence-electron chi connectivity index (χ1n) is 4.79. The van der Waals surface area contributed by atoms with Crippen LogP contribution in [0.15, 0.2) is 41.4 Å². The van der Waals surface area contributed by atoms with E-state index in [2.05, 4.69) is 4.98 Å². The van der Waals surface area contributed by atoms with Crippen molar-refractivity contribution in [2.75, 3.05) is 14.1 Å². The molecule has 16 heavy (non-hydrogen) atoms. The van der Waals surface area contributed by atoms with Gasteiger partial charge in [0.15, 0.2) is 0 Å². The minimum Gasteiger partial charge on any atom is -0.256 e. The third-order valence-electron chi connectivity index (χ3n) is 2.36. The fraction of sp³-hybridized carbons (Fsp3) is 0.182. The highest BCUT2D eigenvalue weighted by atomic mass is 32.2. The smallest absolute Gasteiger partial charge is 0.242 e. The first-order chi connectivity index (χ1) is 7.51. The molecule has 5 heteroatoms. The maximum atomic E-state index is 11.9. The van der Waals surface area contributed by atoms with Gasteiger partial charge in [-0.15, -0.1) is 0 Å². The van der Waals surface area contributed by atoms with Gasteiger partial charge in [0.05, 0.1) is 10.4 Å². The molecule has 0 saturated heterocycles. The van der Waals surface area contributed by atoms with Crippen molar-refractivity contribution in [1.82, 2.24) is 9.29 Å². The van der Waals surface area contributed by atoms with Crippen LogP contribution in [0, 0.1) is 0 Å². The Kier molecular flexibility index (Phi) is 2.65. The zero-order chi connectivity index (χ0) is 11.8. The number of fused-ring (bicyclic) bond motifs is 1. The van der Waals surface area contributed by atoms with Gasteiger partial charge in [0.1, 0.15) is 0 Å². The van der Waals surface area contributed by atoms with Crippen LogP contribution in [0.4, 0.5) is 0 Å². The molecule has 1 heterocycles. The van der Waals surface area contributed by atoms with Crippen molar-refractivity contribution in [1.29, 1.82) is 0 Å². The second-order valence-electron chi connectivity index (χ2n) is 3.65. The lowest BCUT2D eigenvalue weighted by Gasteiger charge is -2.11. The molecular weight excluding hydrogens is 224 g/mol. The van der Waals surface area contributed by atoms with Crippen molar-refractivity contribution >= 4 is 20.9 Å². The monoisotopic (exact) mass is 236 g/mol. The highest BCUT2D eigenvalue weighted by Gasteiger charge is 2.17. The Morgan fingerprint density at radius 1 is 1.19 bits per heavy atom. The maximum absolute atomic E-state index is 11.9. The van der Waals surface area contributed by atoms with Gasteiger partial charge in [0, 0.05) is 25.7 Å². The predicted octanol–water partition coefficient (Wildman–Crippen LogP) is 1.49. The van der Waals surface area contributed by atoms with Gasteiger partial charge in [-0.2, -0.15) is 0 Å². The Hall–Kier alpha value is -1.46. The second kappa shape index (κ2) is 3.84. The zero-order valence-corrected chi connectivity index (χ0v) is 9.90. The molecule has 4 nitrogen and oxygen atoms in total. The van der Waals surface area contributed by atoms with Crippen LogP contribution in [-0.2, 0) is 10.0 Å². The summed E-state index contributed by atoms with van der Waals surface area (Å²) in [5.74, 6) is 0. The van der Waals surface area contributed by atoms with Crippen molar-refractivity contribution in [3.05, 3.63) is 36.5 Å². The molecule has 0 fully saturated rings. The second-order valence-corrected chi connectivity index (χ2v) is 5.80. The topological polar surface area (TPSA) is 50.3 Å². The quantitative estimate of drug-likeness (QED) is 0.793. The molecule has 0 bridgehead atoms. The molecule has 0 radical (unpaired) electrons. The predicted molar refractivity (Wildman–Crippen MR) is 62.6 cm³/mol. The molecule has 0 amide bonds. The van der Waals surface area contributed by atoms with Crippen molar-refractivity contribution in [2.45, 2.75) is 4.90 Å². The summed E-state index contributed by atoms with van der Waals surface area (Å²) in [5.41, 5.74) is 0.686. The van der Waals surface area contributed by atoms with E-state index in [1.807, 2.05) is 12.1 Å². The number of pyridine rings is 1. The first-order valence-corrected chi connectivity index (χ1v) is 6.23. The third-order valence-corrected chi connectivity index (χ3v) is 4.17. The highest BCUT2D eigenvalue weighted by Crippen LogP contribution is 2.18. The van der Waals surface area contributed by atoms with E-state index in [4.69, 9.17) is 0 Å². The zero-order valence-electron chi connectivity index (χ0n) is 9.08. The lowest BCUT2D eigenvalue weighted by molar-refractivity contribution is 0.521. The van der Waals surface area contributed by atoms with Gasteiger partial charge in [-0.05, 0) is 18.2 Å². The van der Waals surface area contributed by atoms with Crippen LogP contribution in [0.5, 0.6) is 0 Å². The van der Waals surface area contributed by atoms with Gasteiger partial charge in [0.25, 0.3) is 0 Å². The summed E-state index contributed by atoms with van der Waals surface area (Å²) in [6, 6.07) is 8.67.